The van der Waals surface area contributed by atoms with Crippen LogP contribution in [0.3, 0.4) is 0 Å². The first-order valence-electron chi connectivity index (χ1n) is 10.6. The maximum absolute atomic E-state index is 12.8. The van der Waals surface area contributed by atoms with E-state index in [1.807, 2.05) is 90.4 Å². The number of hydrogen-bond donors (Lipinski definition) is 1. The summed E-state index contributed by atoms with van der Waals surface area (Å²) in [5.41, 5.74) is 2.67. The van der Waals surface area contributed by atoms with E-state index in [1.165, 1.54) is 0 Å². The van der Waals surface area contributed by atoms with Crippen molar-refractivity contribution in [3.8, 4) is 0 Å². The zero-order valence-electron chi connectivity index (χ0n) is 17.6. The molecule has 0 aliphatic carbocycles. The Bertz CT molecular complexity index is 1190. The topological polar surface area (TPSA) is 60.3 Å². The molecule has 0 aliphatic rings. The molecule has 0 fully saturated rings. The Hall–Kier alpha value is -3.44. The van der Waals surface area contributed by atoms with Gasteiger partial charge < -0.3 is 14.6 Å². The maximum Gasteiger partial charge on any atom is 0.239 e. The Kier molecular flexibility index (Phi) is 6.43. The van der Waals surface area contributed by atoms with Crippen LogP contribution in [-0.4, -0.2) is 23.6 Å². The molecule has 3 aromatic carbocycles. The zero-order chi connectivity index (χ0) is 21.6. The number of hydrogen-bond acceptors (Lipinski definition) is 3. The zero-order valence-corrected chi connectivity index (χ0v) is 17.6. The summed E-state index contributed by atoms with van der Waals surface area (Å²) >= 11 is 0. The molecule has 4 aromatic rings. The van der Waals surface area contributed by atoms with Gasteiger partial charge >= 0.3 is 0 Å². The van der Waals surface area contributed by atoms with E-state index in [0.717, 1.165) is 23.0 Å². The normalized spacial score (nSPS) is 12.2. The van der Waals surface area contributed by atoms with Crippen LogP contribution in [0, 0.1) is 0 Å². The summed E-state index contributed by atoms with van der Waals surface area (Å²) < 4.78 is 7.78. The van der Waals surface area contributed by atoms with Gasteiger partial charge in [-0.1, -0.05) is 54.6 Å². The van der Waals surface area contributed by atoms with Crippen LogP contribution >= 0.6 is 0 Å². The van der Waals surface area contributed by atoms with Gasteiger partial charge in [-0.2, -0.15) is 0 Å². The van der Waals surface area contributed by atoms with E-state index >= 15 is 0 Å². The predicted molar refractivity (Wildman–Crippen MR) is 124 cm³/mol. The van der Waals surface area contributed by atoms with Gasteiger partial charge in [0.25, 0.3) is 0 Å². The van der Waals surface area contributed by atoms with Crippen molar-refractivity contribution in [3.63, 3.8) is 0 Å². The molecule has 1 atom stereocenters. The minimum absolute atomic E-state index is 0.00690. The Labute approximate surface area is 181 Å². The second kappa shape index (κ2) is 9.58. The van der Waals surface area contributed by atoms with Crippen molar-refractivity contribution in [2.75, 3.05) is 13.2 Å². The lowest BCUT2D eigenvalue weighted by molar-refractivity contribution is -0.121. The van der Waals surface area contributed by atoms with Gasteiger partial charge in [0, 0.05) is 23.9 Å². The number of aromatic nitrogens is 1. The molecule has 31 heavy (non-hydrogen) atoms. The largest absolute Gasteiger partial charge is 0.374 e. The second-order valence-corrected chi connectivity index (χ2v) is 7.58. The first-order chi connectivity index (χ1) is 15.1. The number of para-hydroxylation sites is 2. The van der Waals surface area contributed by atoms with Gasteiger partial charge in [0.2, 0.25) is 5.91 Å². The molecule has 5 nitrogen and oxygen atoms in total. The first-order valence-corrected chi connectivity index (χ1v) is 10.6. The van der Waals surface area contributed by atoms with Crippen LogP contribution in [0.2, 0.25) is 0 Å². The van der Waals surface area contributed by atoms with E-state index in [-0.39, 0.29) is 24.0 Å². The summed E-state index contributed by atoms with van der Waals surface area (Å²) in [6.45, 7) is 3.29. The summed E-state index contributed by atoms with van der Waals surface area (Å²) in [4.78, 5) is 25.5. The number of carbonyl (C=O) groups is 1. The van der Waals surface area contributed by atoms with Gasteiger partial charge in [-0.05, 0) is 43.2 Å². The van der Waals surface area contributed by atoms with E-state index in [0.29, 0.717) is 23.9 Å². The highest BCUT2D eigenvalue weighted by Crippen LogP contribution is 2.19. The molecule has 0 radical (unpaired) electrons. The summed E-state index contributed by atoms with van der Waals surface area (Å²) in [6, 6.07) is 24.9. The number of benzene rings is 3. The number of carbonyl (C=O) groups excluding carboxylic acids is 1. The molecule has 0 saturated heterocycles. The molecule has 0 aliphatic heterocycles. The number of rotatable bonds is 8. The van der Waals surface area contributed by atoms with Crippen molar-refractivity contribution in [1.29, 1.82) is 0 Å². The molecule has 0 saturated carbocycles. The summed E-state index contributed by atoms with van der Waals surface area (Å²) in [7, 11) is 0. The number of amides is 1. The highest BCUT2D eigenvalue weighted by molar-refractivity contribution is 5.94. The molecule has 158 valence electrons. The van der Waals surface area contributed by atoms with Crippen LogP contribution < -0.4 is 10.7 Å². The lowest BCUT2D eigenvalue weighted by Crippen LogP contribution is -2.30. The molecule has 0 spiro atoms. The SMILES string of the molecule is C[C@@H](OCCCNC(=O)Cn1c2ccccc2c(=O)c2ccccc21)c1ccccc1. The Morgan fingerprint density at radius 1 is 0.903 bits per heavy atom. The van der Waals surface area contributed by atoms with Crippen molar-refractivity contribution < 1.29 is 9.53 Å². The van der Waals surface area contributed by atoms with Crippen molar-refractivity contribution in [2.24, 2.45) is 0 Å². The summed E-state index contributed by atoms with van der Waals surface area (Å²) in [5.74, 6) is -0.0879. The average molecular weight is 415 g/mol. The minimum atomic E-state index is -0.0879. The lowest BCUT2D eigenvalue weighted by atomic mass is 10.1. The fraction of sp³-hybridized carbons (Fsp3) is 0.231. The highest BCUT2D eigenvalue weighted by atomic mass is 16.5. The molecule has 5 heteroatoms. The third-order valence-electron chi connectivity index (χ3n) is 5.46. The van der Waals surface area contributed by atoms with Gasteiger partial charge in [0.15, 0.2) is 5.43 Å². The fourth-order valence-electron chi connectivity index (χ4n) is 3.83. The third kappa shape index (κ3) is 4.67. The molecule has 0 unspecified atom stereocenters. The maximum atomic E-state index is 12.8. The summed E-state index contributed by atoms with van der Waals surface area (Å²) in [6.07, 6.45) is 0.755. The van der Waals surface area contributed by atoms with E-state index in [2.05, 4.69) is 5.32 Å². The fourth-order valence-corrected chi connectivity index (χ4v) is 3.83. The number of nitrogens with zero attached hydrogens (tertiary/aromatic N) is 1. The molecular weight excluding hydrogens is 388 g/mol. The number of pyridine rings is 1. The Morgan fingerprint density at radius 3 is 2.13 bits per heavy atom. The van der Waals surface area contributed by atoms with Crippen molar-refractivity contribution in [3.05, 3.63) is 94.6 Å². The standard InChI is InChI=1S/C26H26N2O3/c1-19(20-10-3-2-4-11-20)31-17-9-16-27-25(29)18-28-23-14-7-5-12-21(23)26(30)22-13-6-8-15-24(22)28/h2-8,10-15,19H,9,16-18H2,1H3,(H,27,29)/t19-/m1/s1. The van der Waals surface area contributed by atoms with Crippen molar-refractivity contribution >= 4 is 27.7 Å². The molecule has 1 N–H and O–H groups in total. The van der Waals surface area contributed by atoms with Crippen LogP contribution in [0.5, 0.6) is 0 Å². The lowest BCUT2D eigenvalue weighted by Gasteiger charge is -2.16. The van der Waals surface area contributed by atoms with Gasteiger partial charge in [-0.3, -0.25) is 9.59 Å². The summed E-state index contributed by atoms with van der Waals surface area (Å²) in [5, 5.41) is 4.22. The van der Waals surface area contributed by atoms with Gasteiger partial charge in [-0.15, -0.1) is 0 Å². The average Bonchev–Trinajstić information content (AvgIpc) is 2.82. The van der Waals surface area contributed by atoms with Crippen LogP contribution in [0.4, 0.5) is 0 Å². The van der Waals surface area contributed by atoms with E-state index in [4.69, 9.17) is 4.74 Å². The molecule has 4 rings (SSSR count). The monoisotopic (exact) mass is 414 g/mol. The van der Waals surface area contributed by atoms with Crippen LogP contribution in [0.15, 0.2) is 83.7 Å². The molecule has 0 bridgehead atoms. The number of nitrogens with one attached hydrogen (secondary N) is 1. The van der Waals surface area contributed by atoms with E-state index in [9.17, 15) is 9.59 Å². The van der Waals surface area contributed by atoms with Crippen molar-refractivity contribution in [2.45, 2.75) is 26.0 Å². The van der Waals surface area contributed by atoms with Crippen LogP contribution in [0.1, 0.15) is 25.0 Å². The second-order valence-electron chi connectivity index (χ2n) is 7.58. The molecule has 1 amide bonds. The van der Waals surface area contributed by atoms with E-state index < -0.39 is 0 Å². The van der Waals surface area contributed by atoms with Gasteiger partial charge in [0.1, 0.15) is 6.54 Å². The Morgan fingerprint density at radius 2 is 1.48 bits per heavy atom. The molecular formula is C26H26N2O3. The Balaban J connectivity index is 1.39. The first kappa shape index (κ1) is 20.8. The number of fused-ring (bicyclic) bond motifs is 2. The minimum Gasteiger partial charge on any atom is -0.374 e. The predicted octanol–water partition coefficient (Wildman–Crippen LogP) is 4.44. The van der Waals surface area contributed by atoms with Gasteiger partial charge in [0.05, 0.1) is 17.1 Å². The smallest absolute Gasteiger partial charge is 0.239 e. The van der Waals surface area contributed by atoms with Gasteiger partial charge in [-0.25, -0.2) is 0 Å². The van der Waals surface area contributed by atoms with Crippen LogP contribution in [-0.2, 0) is 16.1 Å². The third-order valence-corrected chi connectivity index (χ3v) is 5.46. The van der Waals surface area contributed by atoms with Crippen LogP contribution in [0.25, 0.3) is 21.8 Å². The highest BCUT2D eigenvalue weighted by Gasteiger charge is 2.12. The van der Waals surface area contributed by atoms with Crippen molar-refractivity contribution in [1.82, 2.24) is 9.88 Å². The molecule has 1 aromatic heterocycles. The van der Waals surface area contributed by atoms with E-state index in [1.54, 1.807) is 0 Å². The quantitative estimate of drug-likeness (QED) is 0.343. The number of ether oxygens (including phenoxy) is 1. The molecule has 1 heterocycles.